The van der Waals surface area contributed by atoms with Gasteiger partial charge in [0.25, 0.3) is 0 Å². The number of benzene rings is 1. The molecule has 0 saturated carbocycles. The number of hydrogen-bond donors (Lipinski definition) is 1. The number of nitriles is 1. The molecular weight excluding hydrogens is 288 g/mol. The van der Waals surface area contributed by atoms with Gasteiger partial charge in [-0.3, -0.25) is 4.57 Å². The summed E-state index contributed by atoms with van der Waals surface area (Å²) in [6.07, 6.45) is 0. The predicted octanol–water partition coefficient (Wildman–Crippen LogP) is 2.66. The second-order valence-electron chi connectivity index (χ2n) is 4.66. The van der Waals surface area contributed by atoms with Gasteiger partial charge in [0.15, 0.2) is 5.65 Å². The van der Waals surface area contributed by atoms with Crippen LogP contribution in [0.15, 0.2) is 18.2 Å². The molecule has 3 rings (SSSR count). The van der Waals surface area contributed by atoms with Gasteiger partial charge in [0, 0.05) is 6.54 Å². The van der Waals surface area contributed by atoms with Crippen molar-refractivity contribution in [1.29, 1.82) is 5.26 Å². The van der Waals surface area contributed by atoms with Crippen LogP contribution in [-0.4, -0.2) is 19.3 Å². The lowest BCUT2D eigenvalue weighted by molar-refractivity contribution is 0.663. The third-order valence-corrected chi connectivity index (χ3v) is 3.67. The van der Waals surface area contributed by atoms with Gasteiger partial charge in [-0.1, -0.05) is 11.6 Å². The zero-order chi connectivity index (χ0) is 15.1. The third kappa shape index (κ3) is 1.94. The van der Waals surface area contributed by atoms with E-state index in [9.17, 15) is 0 Å². The van der Waals surface area contributed by atoms with E-state index in [2.05, 4.69) is 16.2 Å². The first-order chi connectivity index (χ1) is 10.1. The minimum absolute atomic E-state index is 0.324. The first kappa shape index (κ1) is 13.5. The summed E-state index contributed by atoms with van der Waals surface area (Å²) < 4.78 is 3.56. The van der Waals surface area contributed by atoms with E-state index in [-0.39, 0.29) is 0 Å². The van der Waals surface area contributed by atoms with Crippen LogP contribution in [0.5, 0.6) is 0 Å². The van der Waals surface area contributed by atoms with E-state index in [1.54, 1.807) is 22.8 Å². The van der Waals surface area contributed by atoms with Crippen LogP contribution in [0.2, 0.25) is 5.02 Å². The van der Waals surface area contributed by atoms with Gasteiger partial charge in [-0.2, -0.15) is 10.4 Å². The first-order valence-corrected chi connectivity index (χ1v) is 6.86. The average Bonchev–Trinajstić information content (AvgIpc) is 2.96. The quantitative estimate of drug-likeness (QED) is 0.788. The summed E-state index contributed by atoms with van der Waals surface area (Å²) in [6.45, 7) is 4.57. The zero-order valence-electron chi connectivity index (χ0n) is 11.6. The molecule has 0 radical (unpaired) electrons. The van der Waals surface area contributed by atoms with Gasteiger partial charge in [0.05, 0.1) is 28.0 Å². The van der Waals surface area contributed by atoms with Crippen molar-refractivity contribution in [2.45, 2.75) is 20.4 Å². The van der Waals surface area contributed by atoms with Crippen LogP contribution < -0.4 is 5.73 Å². The molecule has 2 N–H and O–H groups in total. The van der Waals surface area contributed by atoms with E-state index in [0.717, 1.165) is 16.9 Å². The molecule has 0 aliphatic heterocycles. The second kappa shape index (κ2) is 4.79. The number of rotatable bonds is 2. The molecule has 0 saturated heterocycles. The number of nitrogen functional groups attached to an aromatic ring is 1. The monoisotopic (exact) mass is 300 g/mol. The Labute approximate surface area is 126 Å². The van der Waals surface area contributed by atoms with E-state index in [1.165, 1.54) is 0 Å². The van der Waals surface area contributed by atoms with Crippen molar-refractivity contribution in [2.24, 2.45) is 0 Å². The largest absolute Gasteiger partial charge is 0.369 e. The number of anilines is 1. The summed E-state index contributed by atoms with van der Waals surface area (Å²) in [5, 5.41) is 14.0. The van der Waals surface area contributed by atoms with Crippen molar-refractivity contribution in [2.75, 3.05) is 5.73 Å². The van der Waals surface area contributed by atoms with Crippen molar-refractivity contribution >= 4 is 28.7 Å². The molecule has 2 heterocycles. The summed E-state index contributed by atoms with van der Waals surface area (Å²) in [5.74, 6) is 0.324. The summed E-state index contributed by atoms with van der Waals surface area (Å²) in [6, 6.07) is 7.14. The van der Waals surface area contributed by atoms with Crippen LogP contribution in [0.25, 0.3) is 16.9 Å². The molecule has 0 amide bonds. The maximum atomic E-state index is 9.07. The molecule has 106 valence electrons. The lowest BCUT2D eigenvalue weighted by Gasteiger charge is -2.10. The molecule has 7 heteroatoms. The molecule has 2 aromatic heterocycles. The summed E-state index contributed by atoms with van der Waals surface area (Å²) in [5.41, 5.74) is 9.53. The predicted molar refractivity (Wildman–Crippen MR) is 81.4 cm³/mol. The lowest BCUT2D eigenvalue weighted by atomic mass is 10.2. The smallest absolute Gasteiger partial charge is 0.207 e. The minimum atomic E-state index is 0.324. The molecule has 1 aromatic carbocycles. The van der Waals surface area contributed by atoms with Gasteiger partial charge in [0.1, 0.15) is 5.52 Å². The summed E-state index contributed by atoms with van der Waals surface area (Å²) in [7, 11) is 0. The molecule has 0 spiro atoms. The van der Waals surface area contributed by atoms with Crippen LogP contribution in [0.3, 0.4) is 0 Å². The van der Waals surface area contributed by atoms with Crippen molar-refractivity contribution in [3.63, 3.8) is 0 Å². The number of fused-ring (bicyclic) bond motifs is 1. The fourth-order valence-electron chi connectivity index (χ4n) is 2.40. The number of halogens is 1. The third-order valence-electron chi connectivity index (χ3n) is 3.35. The van der Waals surface area contributed by atoms with E-state index in [0.29, 0.717) is 28.8 Å². The maximum Gasteiger partial charge on any atom is 0.207 e. The molecular formula is C14H13ClN6. The number of aryl methyl sites for hydroxylation is 2. The number of imidazole rings is 1. The van der Waals surface area contributed by atoms with Gasteiger partial charge in [-0.25, -0.2) is 9.67 Å². The Morgan fingerprint density at radius 1 is 1.43 bits per heavy atom. The highest BCUT2D eigenvalue weighted by atomic mass is 35.5. The highest BCUT2D eigenvalue weighted by Crippen LogP contribution is 2.30. The zero-order valence-corrected chi connectivity index (χ0v) is 12.4. The molecule has 21 heavy (non-hydrogen) atoms. The molecule has 0 aliphatic rings. The molecule has 0 fully saturated rings. The van der Waals surface area contributed by atoms with Gasteiger partial charge in [-0.05, 0) is 32.0 Å². The van der Waals surface area contributed by atoms with Crippen LogP contribution in [0, 0.1) is 18.3 Å². The lowest BCUT2D eigenvalue weighted by Crippen LogP contribution is -2.07. The summed E-state index contributed by atoms with van der Waals surface area (Å²) in [4.78, 5) is 4.37. The summed E-state index contributed by atoms with van der Waals surface area (Å²) >= 11 is 6.28. The Morgan fingerprint density at radius 3 is 2.86 bits per heavy atom. The first-order valence-electron chi connectivity index (χ1n) is 6.48. The SMILES string of the molecule is CCn1nc(C)c2nc(N)n(-c3cc(C#N)ccc3Cl)c21. The Hall–Kier alpha value is -2.52. The normalized spacial score (nSPS) is 11.0. The van der Waals surface area contributed by atoms with Gasteiger partial charge < -0.3 is 5.73 Å². The van der Waals surface area contributed by atoms with Crippen molar-refractivity contribution < 1.29 is 0 Å². The number of nitrogens with zero attached hydrogens (tertiary/aromatic N) is 5. The Kier molecular flexibility index (Phi) is 3.07. The Bertz CT molecular complexity index is 883. The molecule has 6 nitrogen and oxygen atoms in total. The van der Waals surface area contributed by atoms with Gasteiger partial charge in [0.2, 0.25) is 5.95 Å². The van der Waals surface area contributed by atoms with E-state index < -0.39 is 0 Å². The van der Waals surface area contributed by atoms with Crippen molar-refractivity contribution in [3.05, 3.63) is 34.5 Å². The van der Waals surface area contributed by atoms with Crippen molar-refractivity contribution in [1.82, 2.24) is 19.3 Å². The Morgan fingerprint density at radius 2 is 2.19 bits per heavy atom. The van der Waals surface area contributed by atoms with Crippen LogP contribution in [0.4, 0.5) is 5.95 Å². The number of aromatic nitrogens is 4. The highest BCUT2D eigenvalue weighted by molar-refractivity contribution is 6.32. The number of hydrogen-bond acceptors (Lipinski definition) is 4. The Balaban J connectivity index is 2.40. The fourth-order valence-corrected chi connectivity index (χ4v) is 2.60. The van der Waals surface area contributed by atoms with Crippen LogP contribution in [0.1, 0.15) is 18.2 Å². The van der Waals surface area contributed by atoms with Gasteiger partial charge >= 0.3 is 0 Å². The molecule has 3 aromatic rings. The standard InChI is InChI=1S/C14H13ClN6/c1-3-20-13-12(8(2)19-20)18-14(17)21(13)11-6-9(7-16)4-5-10(11)15/h4-6H,3H2,1-2H3,(H2,17,18). The molecule has 0 atom stereocenters. The molecule has 0 aliphatic carbocycles. The second-order valence-corrected chi connectivity index (χ2v) is 5.06. The van der Waals surface area contributed by atoms with Crippen LogP contribution >= 0.6 is 11.6 Å². The van der Waals surface area contributed by atoms with E-state index in [1.807, 2.05) is 18.5 Å². The average molecular weight is 301 g/mol. The van der Waals surface area contributed by atoms with Crippen molar-refractivity contribution in [3.8, 4) is 11.8 Å². The maximum absolute atomic E-state index is 9.07. The number of nitrogens with two attached hydrogens (primary N) is 1. The topological polar surface area (TPSA) is 85.5 Å². The van der Waals surface area contributed by atoms with Gasteiger partial charge in [-0.15, -0.1) is 0 Å². The van der Waals surface area contributed by atoms with E-state index >= 15 is 0 Å². The fraction of sp³-hybridized carbons (Fsp3) is 0.214. The minimum Gasteiger partial charge on any atom is -0.369 e. The molecule has 0 unspecified atom stereocenters. The van der Waals surface area contributed by atoms with Crippen LogP contribution in [-0.2, 0) is 6.54 Å². The van der Waals surface area contributed by atoms with E-state index in [4.69, 9.17) is 22.6 Å². The molecule has 0 bridgehead atoms. The highest BCUT2D eigenvalue weighted by Gasteiger charge is 2.19.